The molecular formula is C26H25FNO4-. The molecule has 1 aliphatic heterocycles. The summed E-state index contributed by atoms with van der Waals surface area (Å²) in [6.45, 7) is 4.96. The third kappa shape index (κ3) is 4.92. The van der Waals surface area contributed by atoms with Crippen molar-refractivity contribution in [3.63, 3.8) is 0 Å². The molecule has 1 saturated heterocycles. The summed E-state index contributed by atoms with van der Waals surface area (Å²) in [5.74, 6) is 0.404. The van der Waals surface area contributed by atoms with Gasteiger partial charge in [0.2, 0.25) is 0 Å². The summed E-state index contributed by atoms with van der Waals surface area (Å²) in [7, 11) is 0. The van der Waals surface area contributed by atoms with Crippen LogP contribution in [0.15, 0.2) is 73.3 Å². The average molecular weight is 434 g/mol. The molecule has 32 heavy (non-hydrogen) atoms. The van der Waals surface area contributed by atoms with Crippen molar-refractivity contribution in [3.05, 3.63) is 90.3 Å². The summed E-state index contributed by atoms with van der Waals surface area (Å²) < 4.78 is 25.5. The first-order valence-electron chi connectivity index (χ1n) is 10.6. The lowest BCUT2D eigenvalue weighted by molar-refractivity contribution is -0.268. The number of halogens is 1. The highest BCUT2D eigenvalue weighted by atomic mass is 19.1. The van der Waals surface area contributed by atoms with E-state index in [0.29, 0.717) is 26.2 Å². The number of hydrogen-bond acceptors (Lipinski definition) is 4. The van der Waals surface area contributed by atoms with Crippen molar-refractivity contribution in [3.8, 4) is 5.75 Å². The quantitative estimate of drug-likeness (QED) is 0.522. The molecular weight excluding hydrogens is 409 g/mol. The lowest BCUT2D eigenvalue weighted by atomic mass is 9.87. The summed E-state index contributed by atoms with van der Waals surface area (Å²) >= 11 is 0. The Morgan fingerprint density at radius 1 is 1.19 bits per heavy atom. The molecule has 0 bridgehead atoms. The molecule has 2 atom stereocenters. The van der Waals surface area contributed by atoms with Crippen molar-refractivity contribution in [1.82, 2.24) is 4.90 Å². The van der Waals surface area contributed by atoms with Gasteiger partial charge >= 0.3 is 0 Å². The number of likely N-dealkylation sites (tertiary alicyclic amines) is 1. The lowest BCUT2D eigenvalue weighted by Gasteiger charge is -2.40. The zero-order valence-corrected chi connectivity index (χ0v) is 17.7. The van der Waals surface area contributed by atoms with Crippen LogP contribution in [0, 0.1) is 5.82 Å². The highest BCUT2D eigenvalue weighted by molar-refractivity contribution is 5.89. The number of rotatable bonds is 7. The van der Waals surface area contributed by atoms with E-state index in [2.05, 4.69) is 6.58 Å². The molecule has 2 unspecified atom stereocenters. The van der Waals surface area contributed by atoms with Crippen LogP contribution in [0.25, 0.3) is 10.8 Å². The fourth-order valence-electron chi connectivity index (χ4n) is 4.23. The van der Waals surface area contributed by atoms with Crippen LogP contribution >= 0.6 is 0 Å². The minimum atomic E-state index is -1.21. The first kappa shape index (κ1) is 21.8. The maximum atomic E-state index is 13.4. The molecule has 0 spiro atoms. The van der Waals surface area contributed by atoms with Crippen LogP contribution in [-0.2, 0) is 11.3 Å². The molecule has 4 rings (SSSR count). The fourth-order valence-corrected chi connectivity index (χ4v) is 4.23. The molecule has 3 aromatic rings. The van der Waals surface area contributed by atoms with E-state index >= 15 is 0 Å². The van der Waals surface area contributed by atoms with Crippen molar-refractivity contribution in [1.29, 1.82) is 0 Å². The van der Waals surface area contributed by atoms with E-state index in [4.69, 9.17) is 9.47 Å². The molecule has 6 heteroatoms. The number of hydrogen-bond donors (Lipinski definition) is 0. The second-order valence-corrected chi connectivity index (χ2v) is 7.92. The third-order valence-corrected chi connectivity index (χ3v) is 5.82. The molecule has 166 valence electrons. The maximum absolute atomic E-state index is 13.4. The van der Waals surface area contributed by atoms with Crippen LogP contribution in [-0.4, -0.2) is 36.8 Å². The molecule has 0 aliphatic carbocycles. The molecule has 5 nitrogen and oxygen atoms in total. The van der Waals surface area contributed by atoms with E-state index in [-0.39, 0.29) is 24.4 Å². The number of fused-ring (bicyclic) bond motifs is 1. The summed E-state index contributed by atoms with van der Waals surface area (Å²) in [4.78, 5) is 12.7. The van der Waals surface area contributed by atoms with Gasteiger partial charge in [-0.05, 0) is 47.2 Å². The van der Waals surface area contributed by atoms with Crippen LogP contribution in [0.5, 0.6) is 5.75 Å². The van der Waals surface area contributed by atoms with E-state index in [0.717, 1.165) is 27.6 Å². The molecule has 0 saturated carbocycles. The highest BCUT2D eigenvalue weighted by Crippen LogP contribution is 2.33. The number of carboxylic acid groups (broad SMARTS) is 1. The Balaban J connectivity index is 1.57. The molecule has 1 heterocycles. The number of benzene rings is 3. The second kappa shape index (κ2) is 9.83. The zero-order valence-electron chi connectivity index (χ0n) is 17.7. The number of nitrogens with zero attached hydrogens (tertiary/aromatic N) is 1. The lowest BCUT2D eigenvalue weighted by Crippen LogP contribution is -2.51. The topological polar surface area (TPSA) is 61.8 Å². The van der Waals surface area contributed by atoms with Crippen molar-refractivity contribution < 1.29 is 23.8 Å². The predicted molar refractivity (Wildman–Crippen MR) is 119 cm³/mol. The Hall–Kier alpha value is -3.38. The van der Waals surface area contributed by atoms with E-state index < -0.39 is 6.09 Å². The van der Waals surface area contributed by atoms with Gasteiger partial charge < -0.3 is 24.3 Å². The van der Waals surface area contributed by atoms with Crippen molar-refractivity contribution in [2.75, 3.05) is 19.7 Å². The first-order chi connectivity index (χ1) is 15.5. The standard InChI is InChI=1S/C26H26FNO4/c1-2-13-31-24-15-18(14-20-5-3-4-6-22(20)24)17-32-25-16-28(26(29)30)12-11-23(25)19-7-9-21(27)10-8-19/h2-10,14-15,23,25H,1,11-13,16-17H2,(H,29,30)/p-1. The van der Waals surface area contributed by atoms with Crippen molar-refractivity contribution in [2.45, 2.75) is 25.0 Å². The monoisotopic (exact) mass is 434 g/mol. The number of ether oxygens (including phenoxy) is 2. The van der Waals surface area contributed by atoms with Crippen LogP contribution in [0.4, 0.5) is 9.18 Å². The van der Waals surface area contributed by atoms with Gasteiger partial charge in [0, 0.05) is 24.4 Å². The first-order valence-corrected chi connectivity index (χ1v) is 10.6. The summed E-state index contributed by atoms with van der Waals surface area (Å²) in [5, 5.41) is 13.5. The van der Waals surface area contributed by atoms with Gasteiger partial charge in [-0.3, -0.25) is 0 Å². The molecule has 3 aromatic carbocycles. The number of carbonyl (C=O) groups is 1. The van der Waals surface area contributed by atoms with Crippen LogP contribution in [0.2, 0.25) is 0 Å². The highest BCUT2D eigenvalue weighted by Gasteiger charge is 2.31. The Morgan fingerprint density at radius 2 is 1.97 bits per heavy atom. The van der Waals surface area contributed by atoms with Gasteiger partial charge in [0.1, 0.15) is 24.3 Å². The van der Waals surface area contributed by atoms with Gasteiger partial charge in [0.05, 0.1) is 12.7 Å². The number of amides is 1. The van der Waals surface area contributed by atoms with E-state index in [9.17, 15) is 14.3 Å². The maximum Gasteiger partial charge on any atom is 0.137 e. The van der Waals surface area contributed by atoms with Gasteiger partial charge in [-0.15, -0.1) is 0 Å². The smallest absolute Gasteiger partial charge is 0.137 e. The number of carbonyl (C=O) groups excluding carboxylic acids is 1. The largest absolute Gasteiger partial charge is 0.530 e. The summed E-state index contributed by atoms with van der Waals surface area (Å²) in [6.07, 6.45) is 0.690. The molecule has 1 amide bonds. The average Bonchev–Trinajstić information content (AvgIpc) is 2.81. The third-order valence-electron chi connectivity index (χ3n) is 5.82. The predicted octanol–water partition coefficient (Wildman–Crippen LogP) is 4.26. The minimum Gasteiger partial charge on any atom is -0.530 e. The molecule has 1 fully saturated rings. The molecule has 1 aliphatic rings. The fraction of sp³-hybridized carbons (Fsp3) is 0.269. The Bertz CT molecular complexity index is 1100. The SMILES string of the molecule is C=CCOc1cc(COC2CN(C(=O)[O-])CCC2c2ccc(F)cc2)cc2ccccc12. The molecule has 0 radical (unpaired) electrons. The van der Waals surface area contributed by atoms with Gasteiger partial charge in [0.25, 0.3) is 0 Å². The minimum absolute atomic E-state index is 0.0388. The summed E-state index contributed by atoms with van der Waals surface area (Å²) in [6, 6.07) is 18.2. The summed E-state index contributed by atoms with van der Waals surface area (Å²) in [5.41, 5.74) is 1.86. The molecule has 0 N–H and O–H groups in total. The van der Waals surface area contributed by atoms with Crippen LogP contribution in [0.3, 0.4) is 0 Å². The molecule has 0 aromatic heterocycles. The Labute approximate surface area is 186 Å². The van der Waals surface area contributed by atoms with Crippen LogP contribution < -0.4 is 9.84 Å². The Morgan fingerprint density at radius 3 is 2.72 bits per heavy atom. The normalized spacial score (nSPS) is 18.5. The van der Waals surface area contributed by atoms with E-state index in [1.54, 1.807) is 18.2 Å². The van der Waals surface area contributed by atoms with E-state index in [1.807, 2.05) is 36.4 Å². The van der Waals surface area contributed by atoms with Crippen molar-refractivity contribution in [2.24, 2.45) is 0 Å². The van der Waals surface area contributed by atoms with E-state index in [1.165, 1.54) is 17.0 Å². The number of piperidine rings is 1. The zero-order chi connectivity index (χ0) is 22.5. The van der Waals surface area contributed by atoms with Crippen LogP contribution in [0.1, 0.15) is 23.5 Å². The van der Waals surface area contributed by atoms with Gasteiger partial charge in [0.15, 0.2) is 0 Å². The Kier molecular flexibility index (Phi) is 6.71. The van der Waals surface area contributed by atoms with Gasteiger partial charge in [-0.25, -0.2) is 4.39 Å². The second-order valence-electron chi connectivity index (χ2n) is 7.92. The van der Waals surface area contributed by atoms with Crippen molar-refractivity contribution >= 4 is 16.9 Å². The van der Waals surface area contributed by atoms with Gasteiger partial charge in [-0.2, -0.15) is 0 Å². The van der Waals surface area contributed by atoms with Gasteiger partial charge in [-0.1, -0.05) is 49.1 Å².